The number of hydrogen-bond acceptors (Lipinski definition) is 0. The van der Waals surface area contributed by atoms with Crippen molar-refractivity contribution in [3.8, 4) is 0 Å². The molecule has 0 fully saturated rings. The van der Waals surface area contributed by atoms with Crippen LogP contribution in [0.2, 0.25) is 0 Å². The summed E-state index contributed by atoms with van der Waals surface area (Å²) in [6.45, 7) is 9.37. The second-order valence-electron chi connectivity index (χ2n) is 2.88. The first kappa shape index (κ1) is 12.6. The summed E-state index contributed by atoms with van der Waals surface area (Å²) < 4.78 is 0.951. The first-order chi connectivity index (χ1) is 4.12. The van der Waals surface area contributed by atoms with Crippen molar-refractivity contribution in [3.63, 3.8) is 0 Å². The molecule has 0 aliphatic heterocycles. The fourth-order valence-electron chi connectivity index (χ4n) is 0.774. The number of quaternary nitrogens is 1. The third kappa shape index (κ3) is 6.09. The molecular formula is C8H16CuN+3. The van der Waals surface area contributed by atoms with Gasteiger partial charge in [-0.25, -0.2) is 0 Å². The minimum absolute atomic E-state index is 0. The summed E-state index contributed by atoms with van der Waals surface area (Å²) in [4.78, 5) is 0. The van der Waals surface area contributed by atoms with Crippen LogP contribution >= 0.6 is 0 Å². The zero-order chi connectivity index (χ0) is 7.33. The first-order valence-electron chi connectivity index (χ1n) is 3.16. The zero-order valence-electron chi connectivity index (χ0n) is 6.73. The topological polar surface area (TPSA) is 0 Å². The number of nitrogens with zero attached hydrogens (tertiary/aromatic N) is 1. The summed E-state index contributed by atoms with van der Waals surface area (Å²) in [6, 6.07) is 0. The molecule has 0 heterocycles. The molecule has 0 saturated heterocycles. The van der Waals surface area contributed by atoms with Gasteiger partial charge in [-0.15, -0.1) is 0 Å². The van der Waals surface area contributed by atoms with Crippen LogP contribution in [-0.2, 0) is 17.1 Å². The Morgan fingerprint density at radius 3 is 1.60 bits per heavy atom. The van der Waals surface area contributed by atoms with Gasteiger partial charge < -0.3 is 4.48 Å². The summed E-state index contributed by atoms with van der Waals surface area (Å²) in [5.41, 5.74) is 0. The third-order valence-electron chi connectivity index (χ3n) is 1.25. The van der Waals surface area contributed by atoms with Crippen LogP contribution in [-0.4, -0.2) is 31.7 Å². The van der Waals surface area contributed by atoms with E-state index >= 15 is 0 Å². The van der Waals surface area contributed by atoms with Crippen LogP contribution in [0.1, 0.15) is 0 Å². The quantitative estimate of drug-likeness (QED) is 0.357. The molecule has 0 rings (SSSR count). The largest absolute Gasteiger partial charge is 2.00 e. The average molecular weight is 190 g/mol. The number of rotatable bonds is 4. The molecule has 0 aromatic carbocycles. The van der Waals surface area contributed by atoms with Gasteiger partial charge >= 0.3 is 17.1 Å². The molecule has 2 heteroatoms. The number of likely N-dealkylation sites (N-methyl/N-ethyl adjacent to an activating group) is 1. The first-order valence-corrected chi connectivity index (χ1v) is 3.16. The van der Waals surface area contributed by atoms with Crippen LogP contribution in [0.5, 0.6) is 0 Å². The van der Waals surface area contributed by atoms with Crippen molar-refractivity contribution in [2.75, 3.05) is 27.2 Å². The molecule has 10 heavy (non-hydrogen) atoms. The van der Waals surface area contributed by atoms with E-state index in [1.54, 1.807) is 0 Å². The smallest absolute Gasteiger partial charge is 0.322 e. The molecule has 0 spiro atoms. The maximum atomic E-state index is 3.68. The van der Waals surface area contributed by atoms with E-state index in [9.17, 15) is 0 Å². The molecule has 0 saturated carbocycles. The van der Waals surface area contributed by atoms with Crippen molar-refractivity contribution in [3.05, 3.63) is 25.3 Å². The van der Waals surface area contributed by atoms with Gasteiger partial charge in [-0.1, -0.05) is 13.2 Å². The van der Waals surface area contributed by atoms with Crippen LogP contribution in [0.25, 0.3) is 0 Å². The molecule has 0 unspecified atom stereocenters. The molecule has 0 amide bonds. The fourth-order valence-corrected chi connectivity index (χ4v) is 0.774. The van der Waals surface area contributed by atoms with Crippen molar-refractivity contribution >= 4 is 0 Å². The van der Waals surface area contributed by atoms with Crippen LogP contribution in [0, 0.1) is 0 Å². The van der Waals surface area contributed by atoms with Crippen LogP contribution < -0.4 is 0 Å². The van der Waals surface area contributed by atoms with E-state index in [4.69, 9.17) is 0 Å². The standard InChI is InChI=1S/C8H16N.Cu/c1-5-7-9(3,4)8-6-2;/h5-6H,1-2,7-8H2,3-4H3;/q+1;+2. The van der Waals surface area contributed by atoms with E-state index in [0.29, 0.717) is 0 Å². The summed E-state index contributed by atoms with van der Waals surface area (Å²) in [5, 5.41) is 0. The summed E-state index contributed by atoms with van der Waals surface area (Å²) in [5.74, 6) is 0. The monoisotopic (exact) mass is 189 g/mol. The Hall–Kier alpha value is -0.0405. The van der Waals surface area contributed by atoms with Gasteiger partial charge in [0, 0.05) is 0 Å². The van der Waals surface area contributed by atoms with E-state index in [1.807, 2.05) is 12.2 Å². The van der Waals surface area contributed by atoms with Gasteiger partial charge in [0.1, 0.15) is 0 Å². The van der Waals surface area contributed by atoms with Crippen molar-refractivity contribution in [1.82, 2.24) is 0 Å². The SMILES string of the molecule is C=CC[N+](C)(C)CC=C.[Cu+2]. The van der Waals surface area contributed by atoms with E-state index in [0.717, 1.165) is 17.6 Å². The molecule has 0 aliphatic carbocycles. The van der Waals surface area contributed by atoms with Gasteiger partial charge in [-0.05, 0) is 12.2 Å². The van der Waals surface area contributed by atoms with Gasteiger partial charge in [0.2, 0.25) is 0 Å². The predicted octanol–water partition coefficient (Wildman–Crippen LogP) is 1.43. The average Bonchev–Trinajstić information content (AvgIpc) is 1.64. The van der Waals surface area contributed by atoms with Crippen molar-refractivity contribution in [2.45, 2.75) is 0 Å². The second-order valence-corrected chi connectivity index (χ2v) is 2.88. The van der Waals surface area contributed by atoms with Crippen LogP contribution in [0.4, 0.5) is 0 Å². The van der Waals surface area contributed by atoms with Gasteiger partial charge in [0.25, 0.3) is 0 Å². The van der Waals surface area contributed by atoms with Crippen LogP contribution in [0.3, 0.4) is 0 Å². The summed E-state index contributed by atoms with van der Waals surface area (Å²) >= 11 is 0. The molecule has 1 nitrogen and oxygen atoms in total. The molecule has 0 atom stereocenters. The minimum atomic E-state index is 0. The van der Waals surface area contributed by atoms with E-state index in [1.165, 1.54) is 0 Å². The normalized spacial score (nSPS) is 9.80. The van der Waals surface area contributed by atoms with E-state index in [2.05, 4.69) is 27.3 Å². The number of hydrogen-bond donors (Lipinski definition) is 0. The Kier molecular flexibility index (Phi) is 7.22. The van der Waals surface area contributed by atoms with Gasteiger partial charge in [-0.2, -0.15) is 0 Å². The zero-order valence-corrected chi connectivity index (χ0v) is 7.67. The molecule has 61 valence electrons. The van der Waals surface area contributed by atoms with E-state index in [-0.39, 0.29) is 17.1 Å². The Morgan fingerprint density at radius 1 is 1.10 bits per heavy atom. The predicted molar refractivity (Wildman–Crippen MR) is 42.2 cm³/mol. The Morgan fingerprint density at radius 2 is 1.40 bits per heavy atom. The van der Waals surface area contributed by atoms with Crippen molar-refractivity contribution < 1.29 is 21.6 Å². The second kappa shape index (κ2) is 5.72. The molecule has 0 bridgehead atoms. The molecule has 0 N–H and O–H groups in total. The molecule has 0 aromatic heterocycles. The third-order valence-corrected chi connectivity index (χ3v) is 1.25. The molecular weight excluding hydrogens is 174 g/mol. The Balaban J connectivity index is 0. The van der Waals surface area contributed by atoms with E-state index < -0.39 is 0 Å². The van der Waals surface area contributed by atoms with Gasteiger partial charge in [-0.3, -0.25) is 0 Å². The minimum Gasteiger partial charge on any atom is -0.322 e. The molecule has 0 aliphatic rings. The Bertz CT molecular complexity index is 95.8. The maximum absolute atomic E-state index is 3.68. The van der Waals surface area contributed by atoms with Crippen molar-refractivity contribution in [2.24, 2.45) is 0 Å². The van der Waals surface area contributed by atoms with Gasteiger partial charge in [0.05, 0.1) is 27.2 Å². The van der Waals surface area contributed by atoms with Crippen LogP contribution in [0.15, 0.2) is 25.3 Å². The summed E-state index contributed by atoms with van der Waals surface area (Å²) in [6.07, 6.45) is 3.87. The van der Waals surface area contributed by atoms with Crippen molar-refractivity contribution in [1.29, 1.82) is 0 Å². The van der Waals surface area contributed by atoms with Gasteiger partial charge in [0.15, 0.2) is 0 Å². The maximum Gasteiger partial charge on any atom is 2.00 e. The summed E-state index contributed by atoms with van der Waals surface area (Å²) in [7, 11) is 4.31. The fraction of sp³-hybridized carbons (Fsp3) is 0.500. The Labute approximate surface area is 74.5 Å². The molecule has 0 aromatic rings. The molecule has 1 radical (unpaired) electrons.